The van der Waals surface area contributed by atoms with Crippen molar-refractivity contribution in [3.05, 3.63) is 34.1 Å². The van der Waals surface area contributed by atoms with E-state index >= 15 is 0 Å². The van der Waals surface area contributed by atoms with Crippen molar-refractivity contribution in [1.82, 2.24) is 5.32 Å². The number of nitrogens with one attached hydrogen (secondary N) is 1. The molecule has 0 radical (unpaired) electrons. The van der Waals surface area contributed by atoms with E-state index in [1.807, 2.05) is 6.07 Å². The number of ether oxygens (including phenoxy) is 1. The second-order valence-corrected chi connectivity index (χ2v) is 5.44. The van der Waals surface area contributed by atoms with Gasteiger partial charge in [0.2, 0.25) is 0 Å². The average molecular weight is 302 g/mol. The lowest BCUT2D eigenvalue weighted by atomic mass is 10.2. The molecule has 0 bridgehead atoms. The van der Waals surface area contributed by atoms with Crippen molar-refractivity contribution >= 4 is 15.9 Å². The minimum atomic E-state index is -0.197. The first-order valence-corrected chi connectivity index (χ1v) is 6.68. The smallest absolute Gasteiger partial charge is 0.124 e. The van der Waals surface area contributed by atoms with Crippen LogP contribution < -0.4 is 5.32 Å². The zero-order chi connectivity index (χ0) is 12.3. The summed E-state index contributed by atoms with van der Waals surface area (Å²) >= 11 is 3.30. The van der Waals surface area contributed by atoms with E-state index in [0.717, 1.165) is 29.3 Å². The van der Waals surface area contributed by atoms with Crippen LogP contribution in [-0.2, 0) is 11.3 Å². The van der Waals surface area contributed by atoms with Gasteiger partial charge in [-0.2, -0.15) is 0 Å². The SMILES string of the molecule is COC1CCC(NCc2cc(F)cc(Br)c2)C1. The van der Waals surface area contributed by atoms with Crippen LogP contribution in [-0.4, -0.2) is 19.3 Å². The molecule has 0 saturated heterocycles. The van der Waals surface area contributed by atoms with E-state index in [0.29, 0.717) is 18.7 Å². The van der Waals surface area contributed by atoms with Gasteiger partial charge in [-0.1, -0.05) is 15.9 Å². The van der Waals surface area contributed by atoms with Crippen LogP contribution >= 0.6 is 15.9 Å². The second-order valence-electron chi connectivity index (χ2n) is 4.53. The van der Waals surface area contributed by atoms with Gasteiger partial charge in [0.05, 0.1) is 6.10 Å². The van der Waals surface area contributed by atoms with E-state index in [9.17, 15) is 4.39 Å². The highest BCUT2D eigenvalue weighted by Gasteiger charge is 2.23. The van der Waals surface area contributed by atoms with Gasteiger partial charge in [0.25, 0.3) is 0 Å². The van der Waals surface area contributed by atoms with Crippen LogP contribution in [0.4, 0.5) is 4.39 Å². The maximum atomic E-state index is 13.2. The quantitative estimate of drug-likeness (QED) is 0.922. The van der Waals surface area contributed by atoms with Crippen molar-refractivity contribution in [2.75, 3.05) is 7.11 Å². The van der Waals surface area contributed by atoms with Gasteiger partial charge in [-0.25, -0.2) is 4.39 Å². The number of halogens is 2. The fourth-order valence-corrected chi connectivity index (χ4v) is 2.83. The Labute approximate surface area is 110 Å². The predicted octanol–water partition coefficient (Wildman–Crippen LogP) is 3.25. The summed E-state index contributed by atoms with van der Waals surface area (Å²) in [4.78, 5) is 0. The van der Waals surface area contributed by atoms with E-state index in [1.165, 1.54) is 6.07 Å². The van der Waals surface area contributed by atoms with Crippen molar-refractivity contribution in [3.63, 3.8) is 0 Å². The number of methoxy groups -OCH3 is 1. The van der Waals surface area contributed by atoms with Crippen LogP contribution in [0, 0.1) is 5.82 Å². The minimum absolute atomic E-state index is 0.197. The molecule has 0 aliphatic heterocycles. The third-order valence-corrected chi connectivity index (χ3v) is 3.69. The maximum Gasteiger partial charge on any atom is 0.124 e. The van der Waals surface area contributed by atoms with E-state index in [4.69, 9.17) is 4.74 Å². The molecule has 0 aromatic heterocycles. The van der Waals surface area contributed by atoms with E-state index in [-0.39, 0.29) is 5.82 Å². The molecule has 1 fully saturated rings. The largest absolute Gasteiger partial charge is 0.381 e. The molecule has 2 nitrogen and oxygen atoms in total. The van der Waals surface area contributed by atoms with Gasteiger partial charge < -0.3 is 10.1 Å². The predicted molar refractivity (Wildman–Crippen MR) is 69.4 cm³/mol. The molecule has 4 heteroatoms. The Balaban J connectivity index is 1.85. The van der Waals surface area contributed by atoms with Gasteiger partial charge in [-0.15, -0.1) is 0 Å². The molecule has 94 valence electrons. The third kappa shape index (κ3) is 3.76. The van der Waals surface area contributed by atoms with Gasteiger partial charge in [0.15, 0.2) is 0 Å². The van der Waals surface area contributed by atoms with Crippen molar-refractivity contribution in [2.45, 2.75) is 38.0 Å². The molecule has 1 aromatic carbocycles. The monoisotopic (exact) mass is 301 g/mol. The van der Waals surface area contributed by atoms with Crippen molar-refractivity contribution in [2.24, 2.45) is 0 Å². The molecule has 1 aliphatic carbocycles. The highest BCUT2D eigenvalue weighted by Crippen LogP contribution is 2.22. The number of hydrogen-bond acceptors (Lipinski definition) is 2. The van der Waals surface area contributed by atoms with Crippen molar-refractivity contribution in [3.8, 4) is 0 Å². The lowest BCUT2D eigenvalue weighted by Gasteiger charge is -2.13. The first-order valence-electron chi connectivity index (χ1n) is 5.88. The molecular weight excluding hydrogens is 285 g/mol. The first-order chi connectivity index (χ1) is 8.17. The van der Waals surface area contributed by atoms with Gasteiger partial charge in [0, 0.05) is 24.2 Å². The van der Waals surface area contributed by atoms with Crippen LogP contribution in [0.15, 0.2) is 22.7 Å². The fourth-order valence-electron chi connectivity index (χ4n) is 2.31. The Morgan fingerprint density at radius 1 is 1.41 bits per heavy atom. The van der Waals surface area contributed by atoms with Gasteiger partial charge >= 0.3 is 0 Å². The summed E-state index contributed by atoms with van der Waals surface area (Å²) in [7, 11) is 1.76. The Morgan fingerprint density at radius 2 is 2.24 bits per heavy atom. The second kappa shape index (κ2) is 5.94. The van der Waals surface area contributed by atoms with Gasteiger partial charge in [0.1, 0.15) is 5.82 Å². The standard InChI is InChI=1S/C13H17BrFNO/c1-17-13-3-2-12(7-13)16-8-9-4-10(14)6-11(15)5-9/h4-6,12-13,16H,2-3,7-8H2,1H3. The van der Waals surface area contributed by atoms with Crippen LogP contribution in [0.1, 0.15) is 24.8 Å². The molecule has 0 heterocycles. The molecule has 0 amide bonds. The van der Waals surface area contributed by atoms with Crippen LogP contribution in [0.25, 0.3) is 0 Å². The molecule has 0 spiro atoms. The van der Waals surface area contributed by atoms with E-state index in [1.54, 1.807) is 13.2 Å². The first kappa shape index (κ1) is 13.0. The van der Waals surface area contributed by atoms with Crippen molar-refractivity contribution in [1.29, 1.82) is 0 Å². The molecule has 2 rings (SSSR count). The summed E-state index contributed by atoms with van der Waals surface area (Å²) < 4.78 is 19.3. The van der Waals surface area contributed by atoms with E-state index < -0.39 is 0 Å². The van der Waals surface area contributed by atoms with E-state index in [2.05, 4.69) is 21.2 Å². The molecule has 2 unspecified atom stereocenters. The molecular formula is C13H17BrFNO. The number of benzene rings is 1. The normalized spacial score (nSPS) is 24.2. The summed E-state index contributed by atoms with van der Waals surface area (Å²) in [6.07, 6.45) is 3.68. The van der Waals surface area contributed by atoms with Gasteiger partial charge in [-0.3, -0.25) is 0 Å². The zero-order valence-electron chi connectivity index (χ0n) is 9.88. The minimum Gasteiger partial charge on any atom is -0.381 e. The zero-order valence-corrected chi connectivity index (χ0v) is 11.5. The summed E-state index contributed by atoms with van der Waals surface area (Å²) in [5.41, 5.74) is 0.970. The molecule has 2 atom stereocenters. The van der Waals surface area contributed by atoms with Crippen LogP contribution in [0.2, 0.25) is 0 Å². The average Bonchev–Trinajstić information content (AvgIpc) is 2.73. The third-order valence-electron chi connectivity index (χ3n) is 3.24. The van der Waals surface area contributed by atoms with Crippen LogP contribution in [0.3, 0.4) is 0 Å². The number of hydrogen-bond donors (Lipinski definition) is 1. The summed E-state index contributed by atoms with van der Waals surface area (Å²) in [6, 6.07) is 5.47. The van der Waals surface area contributed by atoms with Crippen LogP contribution in [0.5, 0.6) is 0 Å². The fraction of sp³-hybridized carbons (Fsp3) is 0.538. The summed E-state index contributed by atoms with van der Waals surface area (Å²) in [6.45, 7) is 0.706. The Hall–Kier alpha value is -0.450. The number of rotatable bonds is 4. The molecule has 1 saturated carbocycles. The molecule has 17 heavy (non-hydrogen) atoms. The Bertz CT molecular complexity index is 365. The lowest BCUT2D eigenvalue weighted by Crippen LogP contribution is -2.26. The maximum absolute atomic E-state index is 13.2. The Morgan fingerprint density at radius 3 is 2.88 bits per heavy atom. The summed E-state index contributed by atoms with van der Waals surface area (Å²) in [5.74, 6) is -0.197. The summed E-state index contributed by atoms with van der Waals surface area (Å²) in [5, 5.41) is 3.45. The highest BCUT2D eigenvalue weighted by atomic mass is 79.9. The highest BCUT2D eigenvalue weighted by molar-refractivity contribution is 9.10. The molecule has 1 aliphatic rings. The van der Waals surface area contributed by atoms with Crippen molar-refractivity contribution < 1.29 is 9.13 Å². The molecule has 1 N–H and O–H groups in total. The Kier molecular flexibility index (Phi) is 4.54. The van der Waals surface area contributed by atoms with Gasteiger partial charge in [-0.05, 0) is 43.0 Å². The topological polar surface area (TPSA) is 21.3 Å². The molecule has 1 aromatic rings. The lowest BCUT2D eigenvalue weighted by molar-refractivity contribution is 0.107.